The first-order valence-corrected chi connectivity index (χ1v) is 9.79. The Morgan fingerprint density at radius 2 is 1.68 bits per heavy atom. The lowest BCUT2D eigenvalue weighted by Crippen LogP contribution is -2.27. The summed E-state index contributed by atoms with van der Waals surface area (Å²) in [5.41, 5.74) is 5.44. The summed E-state index contributed by atoms with van der Waals surface area (Å²) in [7, 11) is 0. The molecular formula is C22H19N3O2S. The molecule has 4 rings (SSSR count). The van der Waals surface area contributed by atoms with E-state index in [1.54, 1.807) is 0 Å². The number of nitrogens with one attached hydrogen (secondary N) is 1. The maximum atomic E-state index is 12.8. The molecule has 0 bridgehead atoms. The van der Waals surface area contributed by atoms with E-state index >= 15 is 0 Å². The van der Waals surface area contributed by atoms with Crippen molar-refractivity contribution in [1.82, 2.24) is 9.55 Å². The van der Waals surface area contributed by atoms with Crippen molar-refractivity contribution in [2.24, 2.45) is 0 Å². The summed E-state index contributed by atoms with van der Waals surface area (Å²) < 4.78 is 1.91. The minimum absolute atomic E-state index is 0.0760. The van der Waals surface area contributed by atoms with Crippen molar-refractivity contribution in [2.75, 3.05) is 5.32 Å². The van der Waals surface area contributed by atoms with Crippen molar-refractivity contribution < 1.29 is 4.79 Å². The number of fused-ring (bicyclic) bond motifs is 1. The van der Waals surface area contributed by atoms with Gasteiger partial charge in [-0.3, -0.25) is 14.2 Å². The van der Waals surface area contributed by atoms with Crippen molar-refractivity contribution in [3.05, 3.63) is 81.7 Å². The maximum absolute atomic E-state index is 12.8. The van der Waals surface area contributed by atoms with E-state index in [0.717, 1.165) is 16.7 Å². The number of aryl methyl sites for hydroxylation is 2. The highest BCUT2D eigenvalue weighted by atomic mass is 32.1. The van der Waals surface area contributed by atoms with Crippen LogP contribution in [0.15, 0.2) is 65.0 Å². The fraction of sp³-hybridized carbons (Fsp3) is 0.136. The van der Waals surface area contributed by atoms with Gasteiger partial charge in [0.1, 0.15) is 11.2 Å². The summed E-state index contributed by atoms with van der Waals surface area (Å²) in [5.74, 6) is -0.262. The molecule has 0 aliphatic rings. The first-order chi connectivity index (χ1) is 13.5. The van der Waals surface area contributed by atoms with E-state index in [1.807, 2.05) is 67.8 Å². The smallest absolute Gasteiger partial charge is 0.271 e. The Kier molecular flexibility index (Phi) is 4.79. The summed E-state index contributed by atoms with van der Waals surface area (Å²) in [6.07, 6.45) is 1.45. The first-order valence-electron chi connectivity index (χ1n) is 8.91. The van der Waals surface area contributed by atoms with Gasteiger partial charge in [0.2, 0.25) is 5.91 Å². The molecule has 2 heterocycles. The standard InChI is InChI=1S/C22H19N3O2S/c1-14-3-7-16(8-4-14)18-12-28-21-20(18)23-13-25(22(21)27)11-19(26)24-17-9-5-15(2)6-10-17/h3-10,12-13H,11H2,1-2H3,(H,24,26). The lowest BCUT2D eigenvalue weighted by Gasteiger charge is -2.08. The number of carbonyl (C=O) groups excluding carboxylic acids is 1. The quantitative estimate of drug-likeness (QED) is 0.563. The SMILES string of the molecule is Cc1ccc(NC(=O)Cn2cnc3c(-c4ccc(C)cc4)csc3c2=O)cc1. The highest BCUT2D eigenvalue weighted by molar-refractivity contribution is 7.17. The second kappa shape index (κ2) is 7.40. The molecule has 140 valence electrons. The van der Waals surface area contributed by atoms with E-state index < -0.39 is 0 Å². The average Bonchev–Trinajstić information content (AvgIpc) is 3.11. The third-order valence-electron chi connectivity index (χ3n) is 4.56. The van der Waals surface area contributed by atoms with Crippen LogP contribution in [-0.2, 0) is 11.3 Å². The Labute approximate surface area is 166 Å². The maximum Gasteiger partial charge on any atom is 0.271 e. The molecule has 0 aliphatic heterocycles. The molecule has 0 spiro atoms. The average molecular weight is 389 g/mol. The number of hydrogen-bond donors (Lipinski definition) is 1. The van der Waals surface area contributed by atoms with Crippen LogP contribution in [0.4, 0.5) is 5.69 Å². The zero-order valence-electron chi connectivity index (χ0n) is 15.6. The van der Waals surface area contributed by atoms with Gasteiger partial charge in [-0.05, 0) is 31.5 Å². The summed E-state index contributed by atoms with van der Waals surface area (Å²) in [6.45, 7) is 3.94. The predicted octanol–water partition coefficient (Wildman–Crippen LogP) is 4.38. The zero-order chi connectivity index (χ0) is 19.7. The summed E-state index contributed by atoms with van der Waals surface area (Å²) in [4.78, 5) is 29.6. The number of hydrogen-bond acceptors (Lipinski definition) is 4. The minimum Gasteiger partial charge on any atom is -0.325 e. The van der Waals surface area contributed by atoms with Crippen LogP contribution in [0, 0.1) is 13.8 Å². The molecule has 0 fully saturated rings. The van der Waals surface area contributed by atoms with E-state index in [-0.39, 0.29) is 18.0 Å². The molecule has 0 saturated heterocycles. The molecule has 1 amide bonds. The summed E-state index contributed by atoms with van der Waals surface area (Å²) >= 11 is 1.36. The molecule has 6 heteroatoms. The topological polar surface area (TPSA) is 64.0 Å². The second-order valence-corrected chi connectivity index (χ2v) is 7.66. The van der Waals surface area contributed by atoms with Gasteiger partial charge in [-0.25, -0.2) is 4.98 Å². The van der Waals surface area contributed by atoms with Crippen LogP contribution >= 0.6 is 11.3 Å². The number of rotatable bonds is 4. The van der Waals surface area contributed by atoms with Gasteiger partial charge in [0.05, 0.1) is 11.8 Å². The number of thiophene rings is 1. The van der Waals surface area contributed by atoms with Crippen LogP contribution in [0.1, 0.15) is 11.1 Å². The largest absolute Gasteiger partial charge is 0.325 e. The van der Waals surface area contributed by atoms with Crippen LogP contribution in [0.25, 0.3) is 21.3 Å². The Morgan fingerprint density at radius 1 is 1.04 bits per heavy atom. The van der Waals surface area contributed by atoms with Crippen LogP contribution in [0.5, 0.6) is 0 Å². The molecule has 4 aromatic rings. The first kappa shape index (κ1) is 18.1. The van der Waals surface area contributed by atoms with Crippen LogP contribution in [0.3, 0.4) is 0 Å². The van der Waals surface area contributed by atoms with Gasteiger partial charge in [0, 0.05) is 16.6 Å². The number of aromatic nitrogens is 2. The highest BCUT2D eigenvalue weighted by Gasteiger charge is 2.14. The molecule has 28 heavy (non-hydrogen) atoms. The molecule has 2 aromatic heterocycles. The lowest BCUT2D eigenvalue weighted by atomic mass is 10.1. The number of benzene rings is 2. The fourth-order valence-electron chi connectivity index (χ4n) is 2.98. The van der Waals surface area contributed by atoms with Gasteiger partial charge < -0.3 is 5.32 Å². The van der Waals surface area contributed by atoms with E-state index in [0.29, 0.717) is 15.9 Å². The molecule has 0 aliphatic carbocycles. The summed E-state index contributed by atoms with van der Waals surface area (Å²) in [5, 5.41) is 4.75. The van der Waals surface area contributed by atoms with E-state index in [4.69, 9.17) is 0 Å². The lowest BCUT2D eigenvalue weighted by molar-refractivity contribution is -0.116. The Morgan fingerprint density at radius 3 is 2.36 bits per heavy atom. The molecule has 2 aromatic carbocycles. The van der Waals surface area contributed by atoms with Gasteiger partial charge in [-0.1, -0.05) is 47.5 Å². The van der Waals surface area contributed by atoms with Gasteiger partial charge >= 0.3 is 0 Å². The number of carbonyl (C=O) groups is 1. The van der Waals surface area contributed by atoms with Crippen LogP contribution < -0.4 is 10.9 Å². The van der Waals surface area contributed by atoms with Gasteiger partial charge in [-0.2, -0.15) is 0 Å². The van der Waals surface area contributed by atoms with Crippen molar-refractivity contribution in [2.45, 2.75) is 20.4 Å². The normalized spacial score (nSPS) is 10.9. The van der Waals surface area contributed by atoms with E-state index in [1.165, 1.54) is 27.8 Å². The number of amides is 1. The van der Waals surface area contributed by atoms with Crippen molar-refractivity contribution in [3.63, 3.8) is 0 Å². The Bertz CT molecular complexity index is 1210. The molecule has 0 saturated carbocycles. The number of nitrogens with zero attached hydrogens (tertiary/aromatic N) is 2. The van der Waals surface area contributed by atoms with Gasteiger partial charge in [0.15, 0.2) is 0 Å². The second-order valence-electron chi connectivity index (χ2n) is 6.78. The number of anilines is 1. The Balaban J connectivity index is 1.60. The molecule has 0 atom stereocenters. The highest BCUT2D eigenvalue weighted by Crippen LogP contribution is 2.30. The Hall–Kier alpha value is -3.25. The van der Waals surface area contributed by atoms with E-state index in [9.17, 15) is 9.59 Å². The molecule has 5 nitrogen and oxygen atoms in total. The van der Waals surface area contributed by atoms with Crippen molar-refractivity contribution in [1.29, 1.82) is 0 Å². The molecule has 0 unspecified atom stereocenters. The predicted molar refractivity (Wildman–Crippen MR) is 114 cm³/mol. The minimum atomic E-state index is -0.262. The summed E-state index contributed by atoms with van der Waals surface area (Å²) in [6, 6.07) is 15.7. The van der Waals surface area contributed by atoms with Crippen LogP contribution in [0.2, 0.25) is 0 Å². The van der Waals surface area contributed by atoms with Gasteiger partial charge in [0.25, 0.3) is 5.56 Å². The molecule has 0 radical (unpaired) electrons. The van der Waals surface area contributed by atoms with Gasteiger partial charge in [-0.15, -0.1) is 11.3 Å². The van der Waals surface area contributed by atoms with Crippen molar-refractivity contribution in [3.8, 4) is 11.1 Å². The van der Waals surface area contributed by atoms with Crippen LogP contribution in [-0.4, -0.2) is 15.5 Å². The monoisotopic (exact) mass is 389 g/mol. The third kappa shape index (κ3) is 3.59. The fourth-order valence-corrected chi connectivity index (χ4v) is 3.96. The molecular weight excluding hydrogens is 370 g/mol. The molecule has 1 N–H and O–H groups in total. The van der Waals surface area contributed by atoms with Crippen molar-refractivity contribution >= 4 is 33.1 Å². The van der Waals surface area contributed by atoms with E-state index in [2.05, 4.69) is 10.3 Å². The third-order valence-corrected chi connectivity index (χ3v) is 5.52. The zero-order valence-corrected chi connectivity index (χ0v) is 16.4.